The summed E-state index contributed by atoms with van der Waals surface area (Å²) in [5, 5.41) is 8.75. The molecule has 1 heterocycles. The monoisotopic (exact) mass is 285 g/mol. The molecular formula is C18H23NO2. The molecule has 2 rings (SSSR count). The third-order valence-electron chi connectivity index (χ3n) is 4.15. The molecule has 0 aromatic heterocycles. The first-order chi connectivity index (χ1) is 10.0. The van der Waals surface area contributed by atoms with Gasteiger partial charge >= 0.3 is 0 Å². The van der Waals surface area contributed by atoms with E-state index in [9.17, 15) is 4.79 Å². The summed E-state index contributed by atoms with van der Waals surface area (Å²) in [4.78, 5) is 14.7. The van der Waals surface area contributed by atoms with Crippen molar-refractivity contribution >= 4 is 5.91 Å². The van der Waals surface area contributed by atoms with Gasteiger partial charge in [0.1, 0.15) is 6.61 Å². The average Bonchev–Trinajstić information content (AvgIpc) is 2.47. The molecule has 112 valence electrons. The van der Waals surface area contributed by atoms with Crippen molar-refractivity contribution in [1.82, 2.24) is 4.90 Å². The smallest absolute Gasteiger partial charge is 0.254 e. The van der Waals surface area contributed by atoms with E-state index < -0.39 is 0 Å². The molecule has 1 aliphatic rings. The van der Waals surface area contributed by atoms with Gasteiger partial charge in [0, 0.05) is 23.7 Å². The number of aryl methyl sites for hydroxylation is 1. The number of hydrogen-bond acceptors (Lipinski definition) is 2. The maximum atomic E-state index is 12.7. The van der Waals surface area contributed by atoms with Crippen LogP contribution in [-0.2, 0) is 0 Å². The number of carbonyl (C=O) groups excluding carboxylic acids is 1. The Kier molecular flexibility index (Phi) is 5.03. The number of rotatable bonds is 1. The van der Waals surface area contributed by atoms with E-state index in [1.807, 2.05) is 30.0 Å². The van der Waals surface area contributed by atoms with Crippen LogP contribution in [0.5, 0.6) is 0 Å². The van der Waals surface area contributed by atoms with Crippen molar-refractivity contribution in [1.29, 1.82) is 0 Å². The van der Waals surface area contributed by atoms with Crippen molar-refractivity contribution in [2.75, 3.05) is 13.2 Å². The zero-order valence-electron chi connectivity index (χ0n) is 13.0. The van der Waals surface area contributed by atoms with Gasteiger partial charge in [-0.1, -0.05) is 18.8 Å². The van der Waals surface area contributed by atoms with Gasteiger partial charge in [0.25, 0.3) is 5.91 Å². The zero-order chi connectivity index (χ0) is 15.4. The number of piperidine rings is 1. The molecule has 0 radical (unpaired) electrons. The quantitative estimate of drug-likeness (QED) is 0.806. The summed E-state index contributed by atoms with van der Waals surface area (Å²) in [5.41, 5.74) is 2.56. The van der Waals surface area contributed by atoms with Gasteiger partial charge in [-0.05, 0) is 56.4 Å². The second-order valence-electron chi connectivity index (χ2n) is 5.98. The van der Waals surface area contributed by atoms with Crippen LogP contribution in [0.15, 0.2) is 18.2 Å². The van der Waals surface area contributed by atoms with E-state index in [-0.39, 0.29) is 12.5 Å². The minimum atomic E-state index is -0.150. The normalized spacial score (nSPS) is 21.6. The number of likely N-dealkylation sites (tertiary alicyclic amines) is 1. The molecule has 2 unspecified atom stereocenters. The fourth-order valence-corrected chi connectivity index (χ4v) is 2.81. The molecule has 1 aromatic rings. The Morgan fingerprint density at radius 2 is 2.14 bits per heavy atom. The summed E-state index contributed by atoms with van der Waals surface area (Å²) >= 11 is 0. The lowest BCUT2D eigenvalue weighted by molar-refractivity contribution is 0.0574. The predicted molar refractivity (Wildman–Crippen MR) is 84.0 cm³/mol. The first-order valence-electron chi connectivity index (χ1n) is 7.54. The van der Waals surface area contributed by atoms with Gasteiger partial charge in [0.15, 0.2) is 0 Å². The molecule has 1 fully saturated rings. The highest BCUT2D eigenvalue weighted by atomic mass is 16.2. The van der Waals surface area contributed by atoms with Crippen molar-refractivity contribution in [2.24, 2.45) is 5.92 Å². The number of amides is 1. The maximum Gasteiger partial charge on any atom is 0.254 e. The van der Waals surface area contributed by atoms with Crippen LogP contribution in [0, 0.1) is 24.7 Å². The molecular weight excluding hydrogens is 262 g/mol. The number of hydrogen-bond donors (Lipinski definition) is 1. The van der Waals surface area contributed by atoms with Crippen LogP contribution < -0.4 is 0 Å². The third kappa shape index (κ3) is 3.65. The van der Waals surface area contributed by atoms with Gasteiger partial charge in [0.05, 0.1) is 0 Å². The van der Waals surface area contributed by atoms with Crippen LogP contribution in [0.25, 0.3) is 0 Å². The molecule has 1 aliphatic heterocycles. The fraction of sp³-hybridized carbons (Fsp3) is 0.500. The minimum Gasteiger partial charge on any atom is -0.384 e. The Labute approximate surface area is 127 Å². The van der Waals surface area contributed by atoms with Crippen molar-refractivity contribution < 1.29 is 9.90 Å². The molecule has 0 spiro atoms. The van der Waals surface area contributed by atoms with E-state index in [0.717, 1.165) is 29.7 Å². The predicted octanol–water partition coefficient (Wildman–Crippen LogP) is 2.60. The Morgan fingerprint density at radius 3 is 2.81 bits per heavy atom. The van der Waals surface area contributed by atoms with Crippen LogP contribution in [-0.4, -0.2) is 35.1 Å². The molecule has 1 N–H and O–H groups in total. The van der Waals surface area contributed by atoms with Gasteiger partial charge in [-0.3, -0.25) is 4.79 Å². The van der Waals surface area contributed by atoms with Crippen molar-refractivity contribution in [3.63, 3.8) is 0 Å². The topological polar surface area (TPSA) is 40.5 Å². The van der Waals surface area contributed by atoms with Crippen LogP contribution in [0.4, 0.5) is 0 Å². The molecule has 21 heavy (non-hydrogen) atoms. The van der Waals surface area contributed by atoms with E-state index in [4.69, 9.17) is 5.11 Å². The second kappa shape index (κ2) is 6.78. The highest BCUT2D eigenvalue weighted by Crippen LogP contribution is 2.23. The Bertz CT molecular complexity index is 583. The first kappa shape index (κ1) is 15.6. The van der Waals surface area contributed by atoms with Gasteiger partial charge in [-0.15, -0.1) is 0 Å². The second-order valence-corrected chi connectivity index (χ2v) is 5.98. The first-order valence-corrected chi connectivity index (χ1v) is 7.54. The summed E-state index contributed by atoms with van der Waals surface area (Å²) in [7, 11) is 0. The van der Waals surface area contributed by atoms with Crippen LogP contribution >= 0.6 is 0 Å². The lowest BCUT2D eigenvalue weighted by atomic mass is 9.94. The summed E-state index contributed by atoms with van der Waals surface area (Å²) in [5.74, 6) is 6.22. The fourth-order valence-electron chi connectivity index (χ4n) is 2.81. The van der Waals surface area contributed by atoms with Gasteiger partial charge in [-0.25, -0.2) is 0 Å². The lowest BCUT2D eigenvalue weighted by Gasteiger charge is -2.37. The molecule has 3 heteroatoms. The molecule has 0 aliphatic carbocycles. The van der Waals surface area contributed by atoms with Crippen molar-refractivity contribution in [3.8, 4) is 11.8 Å². The third-order valence-corrected chi connectivity index (χ3v) is 4.15. The molecule has 3 nitrogen and oxygen atoms in total. The van der Waals surface area contributed by atoms with E-state index in [1.54, 1.807) is 0 Å². The summed E-state index contributed by atoms with van der Waals surface area (Å²) in [6, 6.07) is 5.91. The van der Waals surface area contributed by atoms with Crippen molar-refractivity contribution in [3.05, 3.63) is 34.9 Å². The largest absolute Gasteiger partial charge is 0.384 e. The van der Waals surface area contributed by atoms with E-state index >= 15 is 0 Å². The summed E-state index contributed by atoms with van der Waals surface area (Å²) in [6.45, 7) is 6.96. The number of carbonyl (C=O) groups is 1. The molecule has 2 atom stereocenters. The van der Waals surface area contributed by atoms with Gasteiger partial charge in [-0.2, -0.15) is 0 Å². The van der Waals surface area contributed by atoms with Crippen LogP contribution in [0.2, 0.25) is 0 Å². The molecule has 1 aromatic carbocycles. The standard InChI is InChI=1S/C18H23NO2/c1-13-6-7-15(3)19(12-13)18(21)17-9-8-16(5-4-10-20)14(2)11-17/h8-9,11,13,15,20H,6-7,10,12H2,1-3H3. The summed E-state index contributed by atoms with van der Waals surface area (Å²) < 4.78 is 0. The van der Waals surface area contributed by atoms with Crippen molar-refractivity contribution in [2.45, 2.75) is 39.7 Å². The molecule has 1 amide bonds. The number of aliphatic hydroxyl groups is 1. The van der Waals surface area contributed by atoms with Crippen LogP contribution in [0.1, 0.15) is 48.2 Å². The van der Waals surface area contributed by atoms with Gasteiger partial charge < -0.3 is 10.0 Å². The lowest BCUT2D eigenvalue weighted by Crippen LogP contribution is -2.44. The minimum absolute atomic E-state index is 0.110. The maximum absolute atomic E-state index is 12.7. The zero-order valence-corrected chi connectivity index (χ0v) is 13.0. The van der Waals surface area contributed by atoms with E-state index in [1.165, 1.54) is 6.42 Å². The van der Waals surface area contributed by atoms with Crippen LogP contribution in [0.3, 0.4) is 0 Å². The Hall–Kier alpha value is -1.79. The summed E-state index contributed by atoms with van der Waals surface area (Å²) in [6.07, 6.45) is 2.27. The highest BCUT2D eigenvalue weighted by Gasteiger charge is 2.27. The highest BCUT2D eigenvalue weighted by molar-refractivity contribution is 5.94. The number of benzene rings is 1. The Balaban J connectivity index is 2.21. The van der Waals surface area contributed by atoms with E-state index in [0.29, 0.717) is 12.0 Å². The van der Waals surface area contributed by atoms with Gasteiger partial charge in [0.2, 0.25) is 0 Å². The molecule has 0 saturated carbocycles. The molecule has 0 bridgehead atoms. The number of aliphatic hydroxyl groups excluding tert-OH is 1. The number of nitrogens with zero attached hydrogens (tertiary/aromatic N) is 1. The molecule has 1 saturated heterocycles. The van der Waals surface area contributed by atoms with E-state index in [2.05, 4.69) is 25.7 Å². The Morgan fingerprint density at radius 1 is 1.38 bits per heavy atom. The average molecular weight is 285 g/mol. The SMILES string of the molecule is Cc1cc(C(=O)N2CC(C)CCC2C)ccc1C#CCO.